The number of likely N-dealkylation sites (N-methyl/N-ethyl adjacent to an activating group) is 1. The molecule has 0 aliphatic carbocycles. The van der Waals surface area contributed by atoms with E-state index in [1.165, 1.54) is 12.1 Å². The van der Waals surface area contributed by atoms with Crippen LogP contribution in [0.5, 0.6) is 0 Å². The van der Waals surface area contributed by atoms with Crippen molar-refractivity contribution in [2.75, 3.05) is 33.3 Å². The molecule has 1 atom stereocenters. The lowest BCUT2D eigenvalue weighted by Crippen LogP contribution is -2.48. The number of ether oxygens (including phenoxy) is 1. The molecule has 6 heteroatoms. The van der Waals surface area contributed by atoms with E-state index in [2.05, 4.69) is 5.32 Å². The number of hydrogen-bond acceptors (Lipinski definition) is 3. The van der Waals surface area contributed by atoms with Crippen molar-refractivity contribution in [3.05, 3.63) is 35.6 Å². The van der Waals surface area contributed by atoms with Crippen LogP contribution < -0.4 is 5.32 Å². The monoisotopic (exact) mass is 302 g/mol. The van der Waals surface area contributed by atoms with E-state index in [1.54, 1.807) is 24.1 Å². The van der Waals surface area contributed by atoms with Gasteiger partial charge in [0.2, 0.25) is 0 Å². The summed E-state index contributed by atoms with van der Waals surface area (Å²) in [5.74, 6) is -0.246. The third kappa shape index (κ3) is 4.74. The lowest BCUT2D eigenvalue weighted by atomic mass is 10.1. The Bertz CT molecular complexity index is 422. The Kier molecular flexibility index (Phi) is 6.91. The number of nitrogens with zero attached hydrogens (tertiary/aromatic N) is 1. The summed E-state index contributed by atoms with van der Waals surface area (Å²) in [6.45, 7) is 2.54. The number of rotatable bonds is 4. The third-order valence-corrected chi connectivity index (χ3v) is 3.23. The van der Waals surface area contributed by atoms with Crippen molar-refractivity contribution in [2.45, 2.75) is 12.5 Å². The summed E-state index contributed by atoms with van der Waals surface area (Å²) in [6.07, 6.45) is 0.329. The fourth-order valence-electron chi connectivity index (χ4n) is 2.03. The van der Waals surface area contributed by atoms with Crippen molar-refractivity contribution in [1.29, 1.82) is 0 Å². The molecule has 0 spiro atoms. The van der Waals surface area contributed by atoms with E-state index in [-0.39, 0.29) is 30.2 Å². The zero-order valence-corrected chi connectivity index (χ0v) is 12.3. The van der Waals surface area contributed by atoms with Gasteiger partial charge in [0.1, 0.15) is 11.9 Å². The number of hydrogen-bond donors (Lipinski definition) is 1. The average molecular weight is 303 g/mol. The van der Waals surface area contributed by atoms with Crippen molar-refractivity contribution >= 4 is 18.3 Å². The van der Waals surface area contributed by atoms with Gasteiger partial charge in [-0.05, 0) is 24.1 Å². The van der Waals surface area contributed by atoms with E-state index in [0.717, 1.165) is 12.1 Å². The normalized spacial score (nSPS) is 18.2. The predicted octanol–water partition coefficient (Wildman–Crippen LogP) is 1.24. The molecule has 1 saturated heterocycles. The molecule has 1 aromatic carbocycles. The van der Waals surface area contributed by atoms with E-state index in [4.69, 9.17) is 4.74 Å². The van der Waals surface area contributed by atoms with Gasteiger partial charge in [0.15, 0.2) is 0 Å². The Balaban J connectivity index is 0.00000200. The van der Waals surface area contributed by atoms with Crippen LogP contribution in [0, 0.1) is 5.82 Å². The quantitative estimate of drug-likeness (QED) is 0.910. The Hall–Kier alpha value is -1.17. The highest BCUT2D eigenvalue weighted by Gasteiger charge is 2.24. The Morgan fingerprint density at radius 2 is 2.15 bits per heavy atom. The number of nitrogens with one attached hydrogen (secondary N) is 1. The molecule has 0 bridgehead atoms. The number of morpholine rings is 1. The minimum Gasteiger partial charge on any atom is -0.366 e. The first-order valence-corrected chi connectivity index (χ1v) is 6.48. The van der Waals surface area contributed by atoms with Crippen molar-refractivity contribution in [3.63, 3.8) is 0 Å². The van der Waals surface area contributed by atoms with E-state index < -0.39 is 0 Å². The van der Waals surface area contributed by atoms with Gasteiger partial charge in [0.05, 0.1) is 6.61 Å². The lowest BCUT2D eigenvalue weighted by Gasteiger charge is -2.27. The van der Waals surface area contributed by atoms with Gasteiger partial charge >= 0.3 is 0 Å². The highest BCUT2D eigenvalue weighted by Crippen LogP contribution is 2.06. The van der Waals surface area contributed by atoms with E-state index in [0.29, 0.717) is 26.1 Å². The number of halogens is 2. The van der Waals surface area contributed by atoms with E-state index in [1.807, 2.05) is 0 Å². The smallest absolute Gasteiger partial charge is 0.252 e. The molecule has 20 heavy (non-hydrogen) atoms. The summed E-state index contributed by atoms with van der Waals surface area (Å²) in [6, 6.07) is 6.36. The van der Waals surface area contributed by atoms with Crippen LogP contribution in [0.25, 0.3) is 0 Å². The molecule has 0 aromatic heterocycles. The average Bonchev–Trinajstić information content (AvgIpc) is 2.46. The van der Waals surface area contributed by atoms with Gasteiger partial charge in [-0.25, -0.2) is 4.39 Å². The zero-order valence-electron chi connectivity index (χ0n) is 11.5. The molecule has 1 aliphatic heterocycles. The molecule has 1 heterocycles. The van der Waals surface area contributed by atoms with Gasteiger partial charge in [0, 0.05) is 26.7 Å². The van der Waals surface area contributed by atoms with Crippen molar-refractivity contribution in [1.82, 2.24) is 10.2 Å². The summed E-state index contributed by atoms with van der Waals surface area (Å²) in [5.41, 5.74) is 1.02. The van der Waals surface area contributed by atoms with Crippen molar-refractivity contribution in [3.8, 4) is 0 Å². The molecule has 112 valence electrons. The second-order valence-corrected chi connectivity index (χ2v) is 4.70. The largest absolute Gasteiger partial charge is 0.366 e. The van der Waals surface area contributed by atoms with Gasteiger partial charge in [-0.2, -0.15) is 0 Å². The number of carbonyl (C=O) groups excluding carboxylic acids is 1. The van der Waals surface area contributed by atoms with Crippen LogP contribution in [0.4, 0.5) is 4.39 Å². The number of benzene rings is 1. The lowest BCUT2D eigenvalue weighted by molar-refractivity contribution is -0.143. The first kappa shape index (κ1) is 16.9. The molecule has 4 nitrogen and oxygen atoms in total. The molecule has 1 fully saturated rings. The van der Waals surface area contributed by atoms with Crippen molar-refractivity contribution < 1.29 is 13.9 Å². The summed E-state index contributed by atoms with van der Waals surface area (Å²) in [5, 5.41) is 3.14. The topological polar surface area (TPSA) is 41.6 Å². The molecular weight excluding hydrogens is 283 g/mol. The Morgan fingerprint density at radius 1 is 1.45 bits per heavy atom. The third-order valence-electron chi connectivity index (χ3n) is 3.23. The SMILES string of the molecule is CN(CCc1ccc(F)cc1)C(=O)C1CNCCO1.Cl. The number of amides is 1. The fourth-order valence-corrected chi connectivity index (χ4v) is 2.03. The second kappa shape index (κ2) is 8.19. The maximum atomic E-state index is 12.8. The van der Waals surface area contributed by atoms with Gasteiger partial charge in [-0.15, -0.1) is 12.4 Å². The first-order chi connectivity index (χ1) is 9.16. The summed E-state index contributed by atoms with van der Waals surface area (Å²) in [4.78, 5) is 13.7. The van der Waals surface area contributed by atoms with Crippen LogP contribution in [-0.2, 0) is 16.0 Å². The molecule has 1 aromatic rings. The van der Waals surface area contributed by atoms with Crippen LogP contribution in [0.1, 0.15) is 5.56 Å². The minimum absolute atomic E-state index is 0. The predicted molar refractivity (Wildman–Crippen MR) is 77.6 cm³/mol. The number of carbonyl (C=O) groups is 1. The van der Waals surface area contributed by atoms with Gasteiger partial charge < -0.3 is 15.0 Å². The molecule has 1 aliphatic rings. The summed E-state index contributed by atoms with van der Waals surface area (Å²) < 4.78 is 18.2. The van der Waals surface area contributed by atoms with Crippen LogP contribution in [0.3, 0.4) is 0 Å². The van der Waals surface area contributed by atoms with E-state index >= 15 is 0 Å². The van der Waals surface area contributed by atoms with Crippen LogP contribution >= 0.6 is 12.4 Å². The van der Waals surface area contributed by atoms with Crippen molar-refractivity contribution in [2.24, 2.45) is 0 Å². The van der Waals surface area contributed by atoms with Gasteiger partial charge in [-0.1, -0.05) is 12.1 Å². The summed E-state index contributed by atoms with van der Waals surface area (Å²) >= 11 is 0. The fraction of sp³-hybridized carbons (Fsp3) is 0.500. The van der Waals surface area contributed by atoms with Crippen LogP contribution in [0.2, 0.25) is 0 Å². The molecular formula is C14H20ClFN2O2. The molecule has 1 N–H and O–H groups in total. The van der Waals surface area contributed by atoms with Gasteiger partial charge in [0.25, 0.3) is 5.91 Å². The molecule has 1 unspecified atom stereocenters. The Morgan fingerprint density at radius 3 is 2.75 bits per heavy atom. The van der Waals surface area contributed by atoms with E-state index in [9.17, 15) is 9.18 Å². The van der Waals surface area contributed by atoms with Gasteiger partial charge in [-0.3, -0.25) is 4.79 Å². The summed E-state index contributed by atoms with van der Waals surface area (Å²) in [7, 11) is 1.77. The maximum absolute atomic E-state index is 12.8. The minimum atomic E-state index is -0.382. The first-order valence-electron chi connectivity index (χ1n) is 6.48. The molecule has 1 amide bonds. The standard InChI is InChI=1S/C14H19FN2O2.ClH/c1-17(14(18)13-10-16-7-9-19-13)8-6-11-2-4-12(15)5-3-11;/h2-5,13,16H,6-10H2,1H3;1H. The molecule has 2 rings (SSSR count). The second-order valence-electron chi connectivity index (χ2n) is 4.70. The molecule has 0 radical (unpaired) electrons. The zero-order chi connectivity index (χ0) is 13.7. The highest BCUT2D eigenvalue weighted by atomic mass is 35.5. The van der Waals surface area contributed by atoms with Crippen LogP contribution in [-0.4, -0.2) is 50.2 Å². The highest BCUT2D eigenvalue weighted by molar-refractivity contribution is 5.85. The Labute approximate surface area is 124 Å². The van der Waals surface area contributed by atoms with Crippen LogP contribution in [0.15, 0.2) is 24.3 Å². The maximum Gasteiger partial charge on any atom is 0.252 e. The molecule has 0 saturated carbocycles.